The van der Waals surface area contributed by atoms with E-state index in [-0.39, 0.29) is 29.3 Å². The first-order valence-corrected chi connectivity index (χ1v) is 6.88. The molecule has 1 aromatic rings. The van der Waals surface area contributed by atoms with Crippen LogP contribution in [0.5, 0.6) is 0 Å². The van der Waals surface area contributed by atoms with Crippen LogP contribution < -0.4 is 0 Å². The Bertz CT molecular complexity index is 739. The standard InChI is InChI=1S/C13H10ClFN2O6/c1-21-12(18)13-2-3-22-11(13)10(16-23-13)6-4-9(17(19)20)8(15)5-7(6)14/h4-5,11H,2-3H2,1H3. The SMILES string of the molecule is COC(=O)C12CCOC1C(c1cc([N+](=O)[O-])c(F)cc1Cl)=NO2. The fraction of sp³-hybridized carbons (Fsp3) is 0.385. The second-order valence-corrected chi connectivity index (χ2v) is 5.40. The molecule has 0 aliphatic carbocycles. The maximum Gasteiger partial charge on any atom is 0.356 e. The summed E-state index contributed by atoms with van der Waals surface area (Å²) in [6.07, 6.45) is -0.726. The lowest BCUT2D eigenvalue weighted by Gasteiger charge is -2.22. The summed E-state index contributed by atoms with van der Waals surface area (Å²) in [6, 6.07) is 1.75. The minimum absolute atomic E-state index is 0.0671. The predicted molar refractivity (Wildman–Crippen MR) is 74.8 cm³/mol. The molecule has 2 atom stereocenters. The van der Waals surface area contributed by atoms with E-state index in [1.54, 1.807) is 0 Å². The van der Waals surface area contributed by atoms with E-state index < -0.39 is 34.1 Å². The van der Waals surface area contributed by atoms with Gasteiger partial charge in [0.15, 0.2) is 6.10 Å². The number of rotatable bonds is 3. The van der Waals surface area contributed by atoms with E-state index in [1.807, 2.05) is 0 Å². The third kappa shape index (κ3) is 2.23. The van der Waals surface area contributed by atoms with Gasteiger partial charge in [0.25, 0.3) is 5.60 Å². The van der Waals surface area contributed by atoms with Gasteiger partial charge in [-0.25, -0.2) is 4.79 Å². The lowest BCUT2D eigenvalue weighted by atomic mass is 9.90. The van der Waals surface area contributed by atoms with Crippen LogP contribution in [0.25, 0.3) is 0 Å². The van der Waals surface area contributed by atoms with Gasteiger partial charge in [0.05, 0.1) is 23.7 Å². The van der Waals surface area contributed by atoms with E-state index in [4.69, 9.17) is 25.9 Å². The number of nitro benzene ring substituents is 1. The van der Waals surface area contributed by atoms with Crippen LogP contribution in [0.3, 0.4) is 0 Å². The zero-order valence-electron chi connectivity index (χ0n) is 11.7. The molecule has 1 saturated heterocycles. The normalized spacial score (nSPS) is 25.5. The molecule has 0 aromatic heterocycles. The molecular formula is C13H10ClFN2O6. The van der Waals surface area contributed by atoms with Gasteiger partial charge in [0, 0.05) is 24.1 Å². The van der Waals surface area contributed by atoms with Crippen molar-refractivity contribution in [3.8, 4) is 0 Å². The molecule has 8 nitrogen and oxygen atoms in total. The molecule has 0 spiro atoms. The van der Waals surface area contributed by atoms with Gasteiger partial charge in [0.2, 0.25) is 5.82 Å². The first kappa shape index (κ1) is 15.6. The van der Waals surface area contributed by atoms with Gasteiger partial charge in [-0.15, -0.1) is 0 Å². The molecular weight excluding hydrogens is 335 g/mol. The minimum atomic E-state index is -1.45. The van der Waals surface area contributed by atoms with Gasteiger partial charge in [0.1, 0.15) is 5.71 Å². The van der Waals surface area contributed by atoms with Crippen LogP contribution in [0.15, 0.2) is 17.3 Å². The fourth-order valence-electron chi connectivity index (χ4n) is 2.65. The molecule has 3 rings (SSSR count). The molecule has 10 heteroatoms. The van der Waals surface area contributed by atoms with Crippen molar-refractivity contribution in [3.05, 3.63) is 38.7 Å². The number of esters is 1. The van der Waals surface area contributed by atoms with Gasteiger partial charge >= 0.3 is 11.7 Å². The van der Waals surface area contributed by atoms with Crippen LogP contribution in [-0.2, 0) is 19.1 Å². The van der Waals surface area contributed by atoms with E-state index >= 15 is 0 Å². The molecule has 0 amide bonds. The van der Waals surface area contributed by atoms with Crippen molar-refractivity contribution in [1.82, 2.24) is 0 Å². The number of carbonyl (C=O) groups excluding carboxylic acids is 1. The summed E-state index contributed by atoms with van der Waals surface area (Å²) < 4.78 is 23.8. The average Bonchev–Trinajstić information content (AvgIpc) is 3.06. The number of nitro groups is 1. The number of halogens is 2. The zero-order valence-corrected chi connectivity index (χ0v) is 12.5. The van der Waals surface area contributed by atoms with Gasteiger partial charge in [-0.1, -0.05) is 16.8 Å². The van der Waals surface area contributed by atoms with Crippen LogP contribution in [0, 0.1) is 15.9 Å². The van der Waals surface area contributed by atoms with Gasteiger partial charge in [-0.2, -0.15) is 4.39 Å². The number of oxime groups is 1. The van der Waals surface area contributed by atoms with Crippen molar-refractivity contribution in [3.63, 3.8) is 0 Å². The van der Waals surface area contributed by atoms with Crippen molar-refractivity contribution < 1.29 is 28.4 Å². The van der Waals surface area contributed by atoms with E-state index in [0.29, 0.717) is 0 Å². The lowest BCUT2D eigenvalue weighted by Crippen LogP contribution is -2.48. The van der Waals surface area contributed by atoms with Crippen LogP contribution in [0.4, 0.5) is 10.1 Å². The zero-order chi connectivity index (χ0) is 16.8. The molecule has 122 valence electrons. The number of carbonyl (C=O) groups is 1. The van der Waals surface area contributed by atoms with Crippen LogP contribution in [0.2, 0.25) is 5.02 Å². The first-order chi connectivity index (χ1) is 10.9. The molecule has 2 aliphatic heterocycles. The van der Waals surface area contributed by atoms with Crippen LogP contribution >= 0.6 is 11.6 Å². The Morgan fingerprint density at radius 1 is 1.61 bits per heavy atom. The summed E-state index contributed by atoms with van der Waals surface area (Å²) in [7, 11) is 1.20. The topological polar surface area (TPSA) is 100 Å². The third-order valence-electron chi connectivity index (χ3n) is 3.78. The molecule has 1 aromatic carbocycles. The Kier molecular flexibility index (Phi) is 3.69. The number of methoxy groups -OCH3 is 1. The molecule has 0 radical (unpaired) electrons. The number of benzene rings is 1. The molecule has 0 saturated carbocycles. The van der Waals surface area contributed by atoms with E-state index in [9.17, 15) is 19.3 Å². The highest BCUT2D eigenvalue weighted by Crippen LogP contribution is 2.40. The van der Waals surface area contributed by atoms with E-state index in [2.05, 4.69) is 5.16 Å². The summed E-state index contributed by atoms with van der Waals surface area (Å²) in [5.41, 5.74) is -2.06. The summed E-state index contributed by atoms with van der Waals surface area (Å²) in [5.74, 6) is -1.75. The molecule has 2 aliphatic rings. The second-order valence-electron chi connectivity index (χ2n) is 4.99. The minimum Gasteiger partial charge on any atom is -0.466 e. The number of nitrogens with zero attached hydrogens (tertiary/aromatic N) is 2. The van der Waals surface area contributed by atoms with E-state index in [0.717, 1.165) is 12.1 Å². The van der Waals surface area contributed by atoms with Gasteiger partial charge in [-0.3, -0.25) is 10.1 Å². The van der Waals surface area contributed by atoms with Gasteiger partial charge < -0.3 is 14.3 Å². The van der Waals surface area contributed by atoms with E-state index in [1.165, 1.54) is 7.11 Å². The summed E-state index contributed by atoms with van der Waals surface area (Å²) in [5, 5.41) is 14.6. The van der Waals surface area contributed by atoms with Crippen LogP contribution in [-0.4, -0.2) is 42.0 Å². The highest BCUT2D eigenvalue weighted by Gasteiger charge is 2.61. The second kappa shape index (κ2) is 5.43. The van der Waals surface area contributed by atoms with Crippen molar-refractivity contribution >= 4 is 29.0 Å². The molecule has 0 bridgehead atoms. The average molecular weight is 345 g/mol. The Hall–Kier alpha value is -2.26. The highest BCUT2D eigenvalue weighted by molar-refractivity contribution is 6.35. The number of hydrogen-bond donors (Lipinski definition) is 0. The molecule has 2 unspecified atom stereocenters. The molecule has 2 heterocycles. The van der Waals surface area contributed by atoms with Crippen molar-refractivity contribution in [2.45, 2.75) is 18.1 Å². The fourth-order valence-corrected chi connectivity index (χ4v) is 2.90. The summed E-state index contributed by atoms with van der Waals surface area (Å²) in [6.45, 7) is 0.208. The first-order valence-electron chi connectivity index (χ1n) is 6.50. The van der Waals surface area contributed by atoms with Crippen LogP contribution in [0.1, 0.15) is 12.0 Å². The largest absolute Gasteiger partial charge is 0.466 e. The summed E-state index contributed by atoms with van der Waals surface area (Å²) in [4.78, 5) is 27.3. The third-order valence-corrected chi connectivity index (χ3v) is 4.09. The Morgan fingerprint density at radius 3 is 3.00 bits per heavy atom. The molecule has 23 heavy (non-hydrogen) atoms. The Balaban J connectivity index is 2.06. The highest BCUT2D eigenvalue weighted by atomic mass is 35.5. The predicted octanol–water partition coefficient (Wildman–Crippen LogP) is 1.82. The molecule has 1 fully saturated rings. The van der Waals surface area contributed by atoms with Gasteiger partial charge in [-0.05, 0) is 0 Å². The number of fused-ring (bicyclic) bond motifs is 1. The monoisotopic (exact) mass is 344 g/mol. The smallest absolute Gasteiger partial charge is 0.356 e. The van der Waals surface area contributed by atoms with Crippen molar-refractivity contribution in [2.75, 3.05) is 13.7 Å². The molecule has 0 N–H and O–H groups in total. The van der Waals surface area contributed by atoms with Crippen molar-refractivity contribution in [1.29, 1.82) is 0 Å². The number of hydrogen-bond acceptors (Lipinski definition) is 7. The summed E-state index contributed by atoms with van der Waals surface area (Å²) >= 11 is 5.96. The number of ether oxygens (including phenoxy) is 2. The van der Waals surface area contributed by atoms with Crippen molar-refractivity contribution in [2.24, 2.45) is 5.16 Å². The maximum absolute atomic E-state index is 13.6. The Labute approximate surface area is 133 Å². The lowest BCUT2D eigenvalue weighted by molar-refractivity contribution is -0.387. The maximum atomic E-state index is 13.6. The Morgan fingerprint density at radius 2 is 2.35 bits per heavy atom. The quantitative estimate of drug-likeness (QED) is 0.471.